The fourth-order valence-corrected chi connectivity index (χ4v) is 1.55. The Hall–Kier alpha value is -0.160. The molecule has 0 aliphatic carbocycles. The predicted octanol–water partition coefficient (Wildman–Crippen LogP) is 1.58. The van der Waals surface area contributed by atoms with Crippen molar-refractivity contribution in [3.05, 3.63) is 0 Å². The normalized spacial score (nSPS) is 25.4. The van der Waals surface area contributed by atoms with Crippen molar-refractivity contribution in [1.29, 1.82) is 0 Å². The summed E-state index contributed by atoms with van der Waals surface area (Å²) in [6.45, 7) is 5.79. The molecule has 3 atom stereocenters. The first-order valence-corrected chi connectivity index (χ1v) is 5.61. The minimum atomic E-state index is 0.0917. The Morgan fingerprint density at radius 1 is 1.47 bits per heavy atom. The zero-order chi connectivity index (χ0) is 11.1. The van der Waals surface area contributed by atoms with Crippen LogP contribution in [0.1, 0.15) is 26.7 Å². The van der Waals surface area contributed by atoms with Crippen molar-refractivity contribution in [1.82, 2.24) is 0 Å². The maximum atomic E-state index is 5.79. The summed E-state index contributed by atoms with van der Waals surface area (Å²) in [5, 5.41) is 0. The van der Waals surface area contributed by atoms with Crippen molar-refractivity contribution in [3.63, 3.8) is 0 Å². The molecule has 0 aromatic heterocycles. The number of ether oxygens (including phenoxy) is 4. The number of hydrogen-bond acceptors (Lipinski definition) is 4. The molecule has 1 aliphatic rings. The third kappa shape index (κ3) is 4.47. The maximum Gasteiger partial charge on any atom is 0.147 e. The van der Waals surface area contributed by atoms with Gasteiger partial charge in [-0.3, -0.25) is 0 Å². The van der Waals surface area contributed by atoms with Crippen LogP contribution in [-0.2, 0) is 18.9 Å². The highest BCUT2D eigenvalue weighted by atomic mass is 16.7. The molecule has 4 nitrogen and oxygen atoms in total. The average Bonchev–Trinajstić information content (AvgIpc) is 2.76. The van der Waals surface area contributed by atoms with Gasteiger partial charge in [-0.2, -0.15) is 0 Å². The first-order valence-electron chi connectivity index (χ1n) is 5.61. The van der Waals surface area contributed by atoms with Gasteiger partial charge in [0.05, 0.1) is 25.4 Å². The van der Waals surface area contributed by atoms with Gasteiger partial charge in [-0.25, -0.2) is 0 Å². The van der Waals surface area contributed by atoms with Crippen molar-refractivity contribution in [2.75, 3.05) is 27.1 Å². The fourth-order valence-electron chi connectivity index (χ4n) is 1.55. The Morgan fingerprint density at radius 3 is 2.80 bits per heavy atom. The second kappa shape index (κ2) is 7.17. The molecule has 1 rings (SSSR count). The summed E-state index contributed by atoms with van der Waals surface area (Å²) in [6.07, 6.45) is 2.45. The van der Waals surface area contributed by atoms with E-state index < -0.39 is 0 Å². The zero-order valence-electron chi connectivity index (χ0n) is 9.90. The van der Waals surface area contributed by atoms with Gasteiger partial charge in [0.1, 0.15) is 12.9 Å². The van der Waals surface area contributed by atoms with Gasteiger partial charge >= 0.3 is 0 Å². The first-order chi connectivity index (χ1) is 7.27. The van der Waals surface area contributed by atoms with Gasteiger partial charge < -0.3 is 18.9 Å². The Bertz CT molecular complexity index is 157. The average molecular weight is 218 g/mol. The topological polar surface area (TPSA) is 36.9 Å². The molecule has 1 saturated heterocycles. The first kappa shape index (κ1) is 12.9. The van der Waals surface area contributed by atoms with E-state index in [0.717, 1.165) is 12.8 Å². The summed E-state index contributed by atoms with van der Waals surface area (Å²) >= 11 is 0. The smallest absolute Gasteiger partial charge is 0.147 e. The molecule has 3 unspecified atom stereocenters. The van der Waals surface area contributed by atoms with Crippen molar-refractivity contribution >= 4 is 0 Å². The van der Waals surface area contributed by atoms with Crippen LogP contribution in [0.15, 0.2) is 0 Å². The van der Waals surface area contributed by atoms with E-state index in [1.807, 2.05) is 6.92 Å². The highest BCUT2D eigenvalue weighted by Crippen LogP contribution is 2.16. The van der Waals surface area contributed by atoms with Crippen molar-refractivity contribution in [2.45, 2.75) is 45.0 Å². The van der Waals surface area contributed by atoms with E-state index in [-0.39, 0.29) is 18.3 Å². The van der Waals surface area contributed by atoms with Crippen molar-refractivity contribution < 1.29 is 18.9 Å². The van der Waals surface area contributed by atoms with Crippen LogP contribution in [0.5, 0.6) is 0 Å². The molecule has 4 heteroatoms. The van der Waals surface area contributed by atoms with E-state index in [1.54, 1.807) is 7.11 Å². The van der Waals surface area contributed by atoms with Crippen LogP contribution in [0.2, 0.25) is 0 Å². The minimum Gasteiger partial charge on any atom is -0.379 e. The standard InChI is InChI=1S/C11H22O4/c1-4-5-10(11-7-13-8-15-11)14-6-9(2)12-3/h9-11H,4-8H2,1-3H3. The molecule has 0 aromatic carbocycles. The highest BCUT2D eigenvalue weighted by Gasteiger charge is 2.27. The molecule has 0 N–H and O–H groups in total. The van der Waals surface area contributed by atoms with Gasteiger partial charge in [-0.15, -0.1) is 0 Å². The van der Waals surface area contributed by atoms with Gasteiger partial charge in [0.2, 0.25) is 0 Å². The fraction of sp³-hybridized carbons (Fsp3) is 1.00. The van der Waals surface area contributed by atoms with E-state index in [1.165, 1.54) is 0 Å². The molecule has 0 aromatic rings. The second-order valence-corrected chi connectivity index (χ2v) is 3.90. The van der Waals surface area contributed by atoms with Crippen LogP contribution in [-0.4, -0.2) is 45.4 Å². The summed E-state index contributed by atoms with van der Waals surface area (Å²) < 4.78 is 21.6. The molecule has 0 radical (unpaired) electrons. The third-order valence-electron chi connectivity index (χ3n) is 2.58. The largest absolute Gasteiger partial charge is 0.379 e. The lowest BCUT2D eigenvalue weighted by Gasteiger charge is -2.23. The minimum absolute atomic E-state index is 0.0917. The lowest BCUT2D eigenvalue weighted by atomic mass is 10.1. The van der Waals surface area contributed by atoms with Gasteiger partial charge in [0.15, 0.2) is 0 Å². The third-order valence-corrected chi connectivity index (χ3v) is 2.58. The lowest BCUT2D eigenvalue weighted by Crippen LogP contribution is -2.33. The van der Waals surface area contributed by atoms with Crippen LogP contribution < -0.4 is 0 Å². The van der Waals surface area contributed by atoms with E-state index in [4.69, 9.17) is 18.9 Å². The van der Waals surface area contributed by atoms with E-state index in [2.05, 4.69) is 6.92 Å². The van der Waals surface area contributed by atoms with Gasteiger partial charge in [0.25, 0.3) is 0 Å². The summed E-state index contributed by atoms with van der Waals surface area (Å²) in [7, 11) is 1.69. The van der Waals surface area contributed by atoms with Crippen LogP contribution in [0.3, 0.4) is 0 Å². The molecule has 1 aliphatic heterocycles. The summed E-state index contributed by atoms with van der Waals surface area (Å²) in [5.41, 5.74) is 0. The van der Waals surface area contributed by atoms with Crippen molar-refractivity contribution in [3.8, 4) is 0 Å². The molecule has 1 fully saturated rings. The molecule has 0 amide bonds. The van der Waals surface area contributed by atoms with Crippen LogP contribution in [0.4, 0.5) is 0 Å². The second-order valence-electron chi connectivity index (χ2n) is 3.90. The monoisotopic (exact) mass is 218 g/mol. The molecular weight excluding hydrogens is 196 g/mol. The van der Waals surface area contributed by atoms with Crippen molar-refractivity contribution in [2.24, 2.45) is 0 Å². The Morgan fingerprint density at radius 2 is 2.27 bits per heavy atom. The Labute approximate surface area is 91.8 Å². The SMILES string of the molecule is CCCC(OCC(C)OC)C1COCO1. The summed E-state index contributed by atoms with van der Waals surface area (Å²) in [4.78, 5) is 0. The highest BCUT2D eigenvalue weighted by molar-refractivity contribution is 4.73. The molecule has 0 spiro atoms. The molecule has 0 saturated carbocycles. The van der Waals surface area contributed by atoms with Crippen LogP contribution in [0, 0.1) is 0 Å². The van der Waals surface area contributed by atoms with E-state index in [9.17, 15) is 0 Å². The van der Waals surface area contributed by atoms with Gasteiger partial charge in [-0.05, 0) is 13.3 Å². The van der Waals surface area contributed by atoms with E-state index in [0.29, 0.717) is 20.0 Å². The van der Waals surface area contributed by atoms with Crippen LogP contribution >= 0.6 is 0 Å². The maximum absolute atomic E-state index is 5.79. The van der Waals surface area contributed by atoms with E-state index >= 15 is 0 Å². The molecular formula is C11H22O4. The molecule has 1 heterocycles. The quantitative estimate of drug-likeness (QED) is 0.650. The Balaban J connectivity index is 2.29. The summed E-state index contributed by atoms with van der Waals surface area (Å²) in [6, 6.07) is 0. The predicted molar refractivity (Wildman–Crippen MR) is 56.8 cm³/mol. The lowest BCUT2D eigenvalue weighted by molar-refractivity contribution is -0.0786. The molecule has 0 bridgehead atoms. The zero-order valence-corrected chi connectivity index (χ0v) is 9.90. The van der Waals surface area contributed by atoms with Gasteiger partial charge in [-0.1, -0.05) is 13.3 Å². The molecule has 15 heavy (non-hydrogen) atoms. The summed E-state index contributed by atoms with van der Waals surface area (Å²) in [5.74, 6) is 0. The number of rotatable bonds is 7. The number of hydrogen-bond donors (Lipinski definition) is 0. The van der Waals surface area contributed by atoms with Crippen LogP contribution in [0.25, 0.3) is 0 Å². The Kier molecular flexibility index (Phi) is 6.17. The number of methoxy groups -OCH3 is 1. The van der Waals surface area contributed by atoms with Gasteiger partial charge in [0, 0.05) is 7.11 Å². The molecule has 90 valence electrons.